The van der Waals surface area contributed by atoms with Crippen LogP contribution in [0.1, 0.15) is 32.1 Å². The van der Waals surface area contributed by atoms with E-state index in [1.165, 1.54) is 6.42 Å². The minimum atomic E-state index is -0.0226. The summed E-state index contributed by atoms with van der Waals surface area (Å²) < 4.78 is 23.0. The number of hydrogen-bond acceptors (Lipinski definition) is 9. The van der Waals surface area contributed by atoms with Crippen LogP contribution in [0.3, 0.4) is 0 Å². The summed E-state index contributed by atoms with van der Waals surface area (Å²) in [4.78, 5) is 0. The van der Waals surface area contributed by atoms with Crippen LogP contribution < -0.4 is 16.2 Å². The van der Waals surface area contributed by atoms with E-state index in [9.17, 15) is 0 Å². The number of thioether (sulfide) groups is 2. The maximum absolute atomic E-state index is 6.05. The van der Waals surface area contributed by atoms with Crippen molar-refractivity contribution in [3.8, 4) is 0 Å². The Morgan fingerprint density at radius 3 is 2.78 bits per heavy atom. The Morgan fingerprint density at radius 2 is 2.00 bits per heavy atom. The summed E-state index contributed by atoms with van der Waals surface area (Å²) in [6.07, 6.45) is 6.23. The fraction of sp³-hybridized carbons (Fsp3) is 1.00. The molecule has 0 amide bonds. The van der Waals surface area contributed by atoms with Crippen LogP contribution in [-0.2, 0) is 18.9 Å². The summed E-state index contributed by atoms with van der Waals surface area (Å²) in [5.74, 6) is 2.87. The highest BCUT2D eigenvalue weighted by atomic mass is 32.2. The van der Waals surface area contributed by atoms with Crippen molar-refractivity contribution in [3.05, 3.63) is 0 Å². The predicted molar refractivity (Wildman–Crippen MR) is 108 cm³/mol. The second kappa shape index (κ2) is 9.95. The van der Waals surface area contributed by atoms with Crippen LogP contribution in [0.2, 0.25) is 0 Å². The van der Waals surface area contributed by atoms with E-state index in [0.717, 1.165) is 43.8 Å². The van der Waals surface area contributed by atoms with E-state index in [2.05, 4.69) is 27.9 Å². The summed E-state index contributed by atoms with van der Waals surface area (Å²) in [6.45, 7) is 0.852. The molecule has 3 aliphatic heterocycles. The van der Waals surface area contributed by atoms with Crippen molar-refractivity contribution in [3.63, 3.8) is 0 Å². The fourth-order valence-corrected chi connectivity index (χ4v) is 7.08. The van der Waals surface area contributed by atoms with Gasteiger partial charge in [0.2, 0.25) is 0 Å². The monoisotopic (exact) mass is 419 g/mol. The molecule has 0 aromatic heterocycles. The zero-order valence-corrected chi connectivity index (χ0v) is 17.9. The van der Waals surface area contributed by atoms with E-state index in [1.54, 1.807) is 14.2 Å². The molecule has 4 fully saturated rings. The largest absolute Gasteiger partial charge is 0.379 e. The Morgan fingerprint density at radius 1 is 1.11 bits per heavy atom. The lowest BCUT2D eigenvalue weighted by molar-refractivity contribution is -0.0710. The van der Waals surface area contributed by atoms with Gasteiger partial charge in [-0.1, -0.05) is 0 Å². The van der Waals surface area contributed by atoms with Gasteiger partial charge in [0.1, 0.15) is 6.23 Å². The first-order valence-electron chi connectivity index (χ1n) is 10.1. The first-order chi connectivity index (χ1) is 13.3. The summed E-state index contributed by atoms with van der Waals surface area (Å²) in [7, 11) is 3.60. The Bertz CT molecular complexity index is 472. The number of methoxy groups -OCH3 is 2. The minimum Gasteiger partial charge on any atom is -0.379 e. The molecule has 3 N–H and O–H groups in total. The standard InChI is InChI=1S/C18H33N3O4S2/c1-22-13-6-5-11(8-15(13)23-2)17-19-12(9-26-17)10-27-18-21-20-16(25-18)14-4-3-7-24-14/h11-21H,3-10H2,1-2H3. The third kappa shape index (κ3) is 5.13. The molecule has 4 rings (SSSR count). The molecule has 4 aliphatic rings. The molecule has 27 heavy (non-hydrogen) atoms. The van der Waals surface area contributed by atoms with Crippen molar-refractivity contribution >= 4 is 23.5 Å². The zero-order chi connectivity index (χ0) is 18.6. The number of nitrogens with one attached hydrogen (secondary N) is 3. The molecule has 8 unspecified atom stereocenters. The second-order valence-electron chi connectivity index (χ2n) is 7.80. The molecule has 7 nitrogen and oxygen atoms in total. The van der Waals surface area contributed by atoms with Crippen LogP contribution in [0, 0.1) is 5.92 Å². The highest BCUT2D eigenvalue weighted by Crippen LogP contribution is 2.37. The van der Waals surface area contributed by atoms with E-state index in [1.807, 2.05) is 11.8 Å². The Hall–Kier alpha value is 0.420. The Labute approximate surface area is 170 Å². The first kappa shape index (κ1) is 20.7. The zero-order valence-electron chi connectivity index (χ0n) is 16.2. The topological polar surface area (TPSA) is 73.0 Å². The van der Waals surface area contributed by atoms with Gasteiger partial charge in [0, 0.05) is 38.4 Å². The summed E-state index contributed by atoms with van der Waals surface area (Å²) in [5, 5.41) is 4.37. The van der Waals surface area contributed by atoms with Gasteiger partial charge in [-0.25, -0.2) is 10.9 Å². The lowest BCUT2D eigenvalue weighted by Crippen LogP contribution is -2.43. The SMILES string of the molecule is COC1CCC(C2NC(CSC3NNC(C4CCCO4)O3)CS2)CC1OC. The Kier molecular flexibility index (Phi) is 7.62. The highest BCUT2D eigenvalue weighted by Gasteiger charge is 2.39. The van der Waals surface area contributed by atoms with Crippen molar-refractivity contribution in [1.29, 1.82) is 0 Å². The van der Waals surface area contributed by atoms with Crippen LogP contribution in [-0.4, -0.2) is 73.8 Å². The average Bonchev–Trinajstić information content (AvgIpc) is 3.46. The minimum absolute atomic E-state index is 0.0000588. The van der Waals surface area contributed by atoms with Crippen LogP contribution in [0.4, 0.5) is 0 Å². The van der Waals surface area contributed by atoms with Gasteiger partial charge in [-0.05, 0) is 38.0 Å². The summed E-state index contributed by atoms with van der Waals surface area (Å²) in [5.41, 5.74) is 6.49. The number of hydrazine groups is 1. The maximum Gasteiger partial charge on any atom is 0.170 e. The van der Waals surface area contributed by atoms with Crippen molar-refractivity contribution in [1.82, 2.24) is 16.2 Å². The molecule has 0 aromatic rings. The maximum atomic E-state index is 6.05. The molecule has 3 heterocycles. The molecule has 0 spiro atoms. The summed E-state index contributed by atoms with van der Waals surface area (Å²) >= 11 is 3.89. The van der Waals surface area contributed by atoms with Crippen molar-refractivity contribution in [2.24, 2.45) is 5.92 Å². The molecule has 0 bridgehead atoms. The number of rotatable bonds is 7. The van der Waals surface area contributed by atoms with Gasteiger partial charge in [0.15, 0.2) is 5.56 Å². The average molecular weight is 420 g/mol. The first-order valence-corrected chi connectivity index (χ1v) is 12.2. The van der Waals surface area contributed by atoms with Gasteiger partial charge < -0.3 is 24.3 Å². The lowest BCUT2D eigenvalue weighted by atomic mass is 9.84. The van der Waals surface area contributed by atoms with Gasteiger partial charge in [0.25, 0.3) is 0 Å². The quantitative estimate of drug-likeness (QED) is 0.569. The summed E-state index contributed by atoms with van der Waals surface area (Å²) in [6, 6.07) is 0.526. The number of hydrogen-bond donors (Lipinski definition) is 3. The predicted octanol–water partition coefficient (Wildman–Crippen LogP) is 1.49. The second-order valence-corrected chi connectivity index (χ2v) is 10.1. The van der Waals surface area contributed by atoms with Crippen molar-refractivity contribution < 1.29 is 18.9 Å². The third-order valence-electron chi connectivity index (χ3n) is 6.05. The van der Waals surface area contributed by atoms with E-state index in [0.29, 0.717) is 17.3 Å². The molecule has 0 aromatic carbocycles. The molecule has 156 valence electrons. The molecule has 1 aliphatic carbocycles. The molecule has 3 saturated heterocycles. The molecular formula is C18H33N3O4S2. The van der Waals surface area contributed by atoms with Crippen LogP contribution in [0.15, 0.2) is 0 Å². The van der Waals surface area contributed by atoms with E-state index < -0.39 is 0 Å². The van der Waals surface area contributed by atoms with Gasteiger partial charge >= 0.3 is 0 Å². The molecule has 8 atom stereocenters. The van der Waals surface area contributed by atoms with Crippen LogP contribution in [0.25, 0.3) is 0 Å². The smallest absolute Gasteiger partial charge is 0.170 e. The van der Waals surface area contributed by atoms with E-state index >= 15 is 0 Å². The van der Waals surface area contributed by atoms with Crippen LogP contribution in [0.5, 0.6) is 0 Å². The molecular weight excluding hydrogens is 386 g/mol. The fourth-order valence-electron chi connectivity index (χ4n) is 4.50. The molecule has 9 heteroatoms. The van der Waals surface area contributed by atoms with Gasteiger partial charge in [-0.15, -0.1) is 23.5 Å². The highest BCUT2D eigenvalue weighted by molar-refractivity contribution is 8.01. The third-order valence-corrected chi connectivity index (χ3v) is 8.65. The van der Waals surface area contributed by atoms with Gasteiger partial charge in [0.05, 0.1) is 23.7 Å². The van der Waals surface area contributed by atoms with Gasteiger partial charge in [-0.2, -0.15) is 0 Å². The molecule has 1 saturated carbocycles. The normalized spacial score (nSPS) is 45.6. The van der Waals surface area contributed by atoms with Crippen molar-refractivity contribution in [2.75, 3.05) is 32.3 Å². The van der Waals surface area contributed by atoms with Gasteiger partial charge in [-0.3, -0.25) is 0 Å². The van der Waals surface area contributed by atoms with E-state index in [-0.39, 0.29) is 30.1 Å². The number of ether oxygens (including phenoxy) is 4. The van der Waals surface area contributed by atoms with Crippen molar-refractivity contribution in [2.45, 2.75) is 73.6 Å². The van der Waals surface area contributed by atoms with Crippen LogP contribution >= 0.6 is 23.5 Å². The lowest BCUT2D eigenvalue weighted by Gasteiger charge is -2.36. The molecule has 0 radical (unpaired) electrons. The Balaban J connectivity index is 1.17. The van der Waals surface area contributed by atoms with E-state index in [4.69, 9.17) is 18.9 Å².